The molecular weight excluding hydrogens is 244 g/mol. The van der Waals surface area contributed by atoms with Crippen molar-refractivity contribution in [3.05, 3.63) is 42.2 Å². The van der Waals surface area contributed by atoms with Crippen LogP contribution in [0.4, 0.5) is 0 Å². The summed E-state index contributed by atoms with van der Waals surface area (Å²) < 4.78 is 6.27. The Morgan fingerprint density at radius 2 is 2.16 bits per heavy atom. The molecule has 0 spiro atoms. The molecule has 2 rings (SSSR count). The van der Waals surface area contributed by atoms with Gasteiger partial charge < -0.3 is 4.74 Å². The number of methoxy groups -OCH3 is 1. The molecule has 1 atom stereocenters. The van der Waals surface area contributed by atoms with Crippen LogP contribution in [0.2, 0.25) is 0 Å². The van der Waals surface area contributed by atoms with Crippen molar-refractivity contribution in [1.29, 1.82) is 0 Å². The highest BCUT2D eigenvalue weighted by Gasteiger charge is 2.11. The van der Waals surface area contributed by atoms with E-state index in [2.05, 4.69) is 20.4 Å². The van der Waals surface area contributed by atoms with Crippen LogP contribution in [0.5, 0.6) is 0 Å². The molecule has 19 heavy (non-hydrogen) atoms. The minimum absolute atomic E-state index is 0.0726. The van der Waals surface area contributed by atoms with Crippen LogP contribution in [0.25, 0.3) is 5.69 Å². The molecule has 0 aliphatic heterocycles. The summed E-state index contributed by atoms with van der Waals surface area (Å²) in [5.41, 5.74) is 1.72. The van der Waals surface area contributed by atoms with E-state index < -0.39 is 0 Å². The third kappa shape index (κ3) is 3.38. The summed E-state index contributed by atoms with van der Waals surface area (Å²) in [6.45, 7) is 2.07. The zero-order valence-corrected chi connectivity index (χ0v) is 10.9. The summed E-state index contributed by atoms with van der Waals surface area (Å²) >= 11 is 0. The van der Waals surface area contributed by atoms with Crippen molar-refractivity contribution in [3.8, 4) is 5.69 Å². The van der Waals surface area contributed by atoms with Crippen LogP contribution < -0.4 is 5.32 Å². The molecule has 100 valence electrons. The molecule has 0 saturated carbocycles. The number of hydrogen-bond donors (Lipinski definition) is 1. The van der Waals surface area contributed by atoms with E-state index in [1.807, 2.05) is 43.5 Å². The summed E-state index contributed by atoms with van der Waals surface area (Å²) in [6.07, 6.45) is 1.84. The fourth-order valence-electron chi connectivity index (χ4n) is 1.60. The Balaban J connectivity index is 2.03. The number of carbonyl (C=O) groups is 1. The van der Waals surface area contributed by atoms with Gasteiger partial charge in [0, 0.05) is 0 Å². The molecule has 6 nitrogen and oxygen atoms in total. The molecule has 0 amide bonds. The maximum atomic E-state index is 11.0. The Morgan fingerprint density at radius 1 is 1.42 bits per heavy atom. The highest BCUT2D eigenvalue weighted by atomic mass is 16.5. The van der Waals surface area contributed by atoms with E-state index in [1.165, 1.54) is 7.11 Å². The van der Waals surface area contributed by atoms with E-state index in [-0.39, 0.29) is 18.6 Å². The van der Waals surface area contributed by atoms with Gasteiger partial charge in [0.25, 0.3) is 0 Å². The first-order chi connectivity index (χ1) is 9.20. The van der Waals surface area contributed by atoms with Gasteiger partial charge in [-0.2, -0.15) is 0 Å². The van der Waals surface area contributed by atoms with Crippen LogP contribution >= 0.6 is 0 Å². The number of nitrogens with zero attached hydrogens (tertiary/aromatic N) is 3. The molecule has 0 radical (unpaired) electrons. The third-order valence-electron chi connectivity index (χ3n) is 2.76. The van der Waals surface area contributed by atoms with Gasteiger partial charge >= 0.3 is 5.97 Å². The van der Waals surface area contributed by atoms with Crippen molar-refractivity contribution >= 4 is 5.97 Å². The number of ether oxygens (including phenoxy) is 1. The van der Waals surface area contributed by atoms with Crippen molar-refractivity contribution in [1.82, 2.24) is 20.3 Å². The lowest BCUT2D eigenvalue weighted by atomic mass is 10.2. The summed E-state index contributed by atoms with van der Waals surface area (Å²) in [4.78, 5) is 11.0. The smallest absolute Gasteiger partial charge is 0.319 e. The fourth-order valence-corrected chi connectivity index (χ4v) is 1.60. The van der Waals surface area contributed by atoms with E-state index in [0.29, 0.717) is 0 Å². The number of rotatable bonds is 5. The van der Waals surface area contributed by atoms with Crippen LogP contribution in [-0.2, 0) is 9.53 Å². The molecule has 0 unspecified atom stereocenters. The summed E-state index contributed by atoms with van der Waals surface area (Å²) in [5, 5.41) is 11.2. The second kappa shape index (κ2) is 6.10. The normalized spacial score (nSPS) is 12.1. The predicted molar refractivity (Wildman–Crippen MR) is 69.8 cm³/mol. The van der Waals surface area contributed by atoms with Crippen molar-refractivity contribution < 1.29 is 9.53 Å². The molecule has 0 aliphatic carbocycles. The maximum absolute atomic E-state index is 11.0. The van der Waals surface area contributed by atoms with Gasteiger partial charge in [-0.15, -0.1) is 5.10 Å². The number of para-hydroxylation sites is 1. The molecule has 1 aromatic carbocycles. The Hall–Kier alpha value is -2.21. The van der Waals surface area contributed by atoms with Gasteiger partial charge in [-0.25, -0.2) is 4.68 Å². The molecule has 2 aromatic rings. The zero-order valence-electron chi connectivity index (χ0n) is 10.9. The standard InChI is InChI=1S/C13H16N4O2/c1-10(14-8-13(18)19-2)12-9-17(16-15-12)11-6-4-3-5-7-11/h3-7,9-10,14H,8H2,1-2H3/t10-/m1/s1. The fraction of sp³-hybridized carbons (Fsp3) is 0.308. The molecule has 1 N–H and O–H groups in total. The Labute approximate surface area is 111 Å². The third-order valence-corrected chi connectivity index (χ3v) is 2.76. The summed E-state index contributed by atoms with van der Waals surface area (Å²) in [6, 6.07) is 9.65. The number of hydrogen-bond acceptors (Lipinski definition) is 5. The lowest BCUT2D eigenvalue weighted by Gasteiger charge is -2.08. The second-order valence-electron chi connectivity index (χ2n) is 4.10. The highest BCUT2D eigenvalue weighted by molar-refractivity contribution is 5.71. The number of carbonyl (C=O) groups excluding carboxylic acids is 1. The molecule has 0 bridgehead atoms. The molecule has 0 saturated heterocycles. The van der Waals surface area contributed by atoms with Gasteiger partial charge in [0.15, 0.2) is 0 Å². The van der Waals surface area contributed by atoms with Crippen LogP contribution in [0.15, 0.2) is 36.5 Å². The van der Waals surface area contributed by atoms with Crippen molar-refractivity contribution in [2.45, 2.75) is 13.0 Å². The zero-order chi connectivity index (χ0) is 13.7. The average molecular weight is 260 g/mol. The number of nitrogens with one attached hydrogen (secondary N) is 1. The van der Waals surface area contributed by atoms with Crippen molar-refractivity contribution in [3.63, 3.8) is 0 Å². The van der Waals surface area contributed by atoms with E-state index in [9.17, 15) is 4.79 Å². The summed E-state index contributed by atoms with van der Waals surface area (Å²) in [5.74, 6) is -0.303. The van der Waals surface area contributed by atoms with Gasteiger partial charge in [0.2, 0.25) is 0 Å². The van der Waals surface area contributed by atoms with Gasteiger partial charge in [-0.3, -0.25) is 10.1 Å². The highest BCUT2D eigenvalue weighted by Crippen LogP contribution is 2.11. The quantitative estimate of drug-likeness (QED) is 0.815. The molecule has 6 heteroatoms. The van der Waals surface area contributed by atoms with Gasteiger partial charge in [-0.1, -0.05) is 23.4 Å². The van der Waals surface area contributed by atoms with Crippen molar-refractivity contribution in [2.24, 2.45) is 0 Å². The first kappa shape index (κ1) is 13.2. The van der Waals surface area contributed by atoms with E-state index in [4.69, 9.17) is 0 Å². The monoisotopic (exact) mass is 260 g/mol. The first-order valence-electron chi connectivity index (χ1n) is 5.98. The van der Waals surface area contributed by atoms with E-state index >= 15 is 0 Å². The Bertz CT molecular complexity index is 539. The van der Waals surface area contributed by atoms with E-state index in [1.54, 1.807) is 4.68 Å². The number of esters is 1. The Morgan fingerprint density at radius 3 is 2.84 bits per heavy atom. The molecule has 0 fully saturated rings. The first-order valence-corrected chi connectivity index (χ1v) is 5.98. The Kier molecular flexibility index (Phi) is 4.25. The largest absolute Gasteiger partial charge is 0.468 e. The van der Waals surface area contributed by atoms with Crippen LogP contribution in [0.3, 0.4) is 0 Å². The molecule has 1 heterocycles. The van der Waals surface area contributed by atoms with Crippen LogP contribution in [-0.4, -0.2) is 34.6 Å². The average Bonchev–Trinajstić information content (AvgIpc) is 2.95. The number of benzene rings is 1. The second-order valence-corrected chi connectivity index (χ2v) is 4.10. The number of aromatic nitrogens is 3. The van der Waals surface area contributed by atoms with E-state index in [0.717, 1.165) is 11.4 Å². The van der Waals surface area contributed by atoms with Crippen molar-refractivity contribution in [2.75, 3.05) is 13.7 Å². The lowest BCUT2D eigenvalue weighted by molar-refractivity contribution is -0.139. The summed E-state index contributed by atoms with van der Waals surface area (Å²) in [7, 11) is 1.36. The van der Waals surface area contributed by atoms with Crippen LogP contribution in [0.1, 0.15) is 18.7 Å². The maximum Gasteiger partial charge on any atom is 0.319 e. The lowest BCUT2D eigenvalue weighted by Crippen LogP contribution is -2.26. The molecule has 1 aromatic heterocycles. The van der Waals surface area contributed by atoms with Crippen LogP contribution in [0, 0.1) is 0 Å². The minimum atomic E-state index is -0.303. The molecule has 0 aliphatic rings. The SMILES string of the molecule is COC(=O)CN[C@H](C)c1cn(-c2ccccc2)nn1. The van der Waals surface area contributed by atoms with Gasteiger partial charge in [-0.05, 0) is 19.1 Å². The molecular formula is C13H16N4O2. The minimum Gasteiger partial charge on any atom is -0.468 e. The van der Waals surface area contributed by atoms with Gasteiger partial charge in [0.05, 0.1) is 37.3 Å². The predicted octanol–water partition coefficient (Wildman–Crippen LogP) is 1.09. The topological polar surface area (TPSA) is 69.0 Å². The van der Waals surface area contributed by atoms with Gasteiger partial charge in [0.1, 0.15) is 0 Å².